The number of carbonyl (C=O) groups excluding carboxylic acids is 11. The number of aromatic nitrogens is 1. The van der Waals surface area contributed by atoms with Gasteiger partial charge in [0.1, 0.15) is 35.8 Å². The summed E-state index contributed by atoms with van der Waals surface area (Å²) in [6.45, 7) is 16.8. The number of carbonyl (C=O) groups is 11. The minimum Gasteiger partial charge on any atom is -0.445 e. The molecule has 11 atom stereocenters. The first kappa shape index (κ1) is 82.1. The van der Waals surface area contributed by atoms with Crippen LogP contribution < -0.4 is 37.6 Å². The minimum absolute atomic E-state index is 0.0664. The average molecular weight is 1440 g/mol. The molecule has 3 heterocycles. The minimum atomic E-state index is -1.12. The molecular weight excluding hydrogens is 1330 g/mol. The van der Waals surface area contributed by atoms with E-state index in [0.717, 1.165) is 15.6 Å². The summed E-state index contributed by atoms with van der Waals surface area (Å²) in [4.78, 5) is 164. The third-order valence-electron chi connectivity index (χ3n) is 18.9. The maximum Gasteiger partial charge on any atom is 0.410 e. The number of thiazole rings is 1. The zero-order valence-electron chi connectivity index (χ0n) is 61.2. The van der Waals surface area contributed by atoms with Gasteiger partial charge in [0.2, 0.25) is 41.4 Å². The lowest BCUT2D eigenvalue weighted by Gasteiger charge is -2.41. The number of urea groups is 1. The third kappa shape index (κ3) is 22.8. The Hall–Kier alpha value is -8.86. The number of benzene rings is 3. The van der Waals surface area contributed by atoms with Crippen molar-refractivity contribution in [3.05, 3.63) is 118 Å². The lowest BCUT2D eigenvalue weighted by atomic mass is 9.89. The van der Waals surface area contributed by atoms with E-state index in [4.69, 9.17) is 24.8 Å². The molecule has 0 radical (unpaired) electrons. The number of hydroxylamine groups is 2. The summed E-state index contributed by atoms with van der Waals surface area (Å²) in [5, 5.41) is 20.4. The molecule has 558 valence electrons. The number of nitrogens with one attached hydrogen (secondary N) is 6. The average Bonchev–Trinajstić information content (AvgIpc) is 1.59. The fourth-order valence-corrected chi connectivity index (χ4v) is 13.8. The van der Waals surface area contributed by atoms with Crippen LogP contribution in [0.5, 0.6) is 0 Å². The molecule has 0 saturated carbocycles. The van der Waals surface area contributed by atoms with Gasteiger partial charge < -0.3 is 61.6 Å². The van der Waals surface area contributed by atoms with Crippen LogP contribution >= 0.6 is 11.3 Å². The number of unbranched alkanes of at least 4 members (excludes halogenated alkanes) is 2. The molecule has 1 fully saturated rings. The normalized spacial score (nSPS) is 16.5. The summed E-state index contributed by atoms with van der Waals surface area (Å²) >= 11 is 1.47. The Balaban J connectivity index is 1.02. The van der Waals surface area contributed by atoms with Crippen molar-refractivity contribution >= 4 is 82.3 Å². The van der Waals surface area contributed by atoms with Gasteiger partial charge in [0.25, 0.3) is 11.8 Å². The van der Waals surface area contributed by atoms with Gasteiger partial charge in [-0.3, -0.25) is 52.9 Å². The number of likely N-dealkylation sites (tertiary alicyclic amines) is 1. The molecule has 2 aliphatic heterocycles. The lowest BCUT2D eigenvalue weighted by Crippen LogP contribution is -2.60. The maximum absolute atomic E-state index is 14.9. The van der Waals surface area contributed by atoms with Gasteiger partial charge in [-0.15, -0.1) is 16.4 Å². The van der Waals surface area contributed by atoms with E-state index in [0.29, 0.717) is 62.7 Å². The summed E-state index contributed by atoms with van der Waals surface area (Å²) in [5.41, 5.74) is 7.71. The van der Waals surface area contributed by atoms with Crippen LogP contribution in [0.15, 0.2) is 90.4 Å². The Morgan fingerprint density at radius 2 is 1.36 bits per heavy atom. The van der Waals surface area contributed by atoms with Crippen LogP contribution in [0.1, 0.15) is 169 Å². The summed E-state index contributed by atoms with van der Waals surface area (Å²) in [5.74, 6) is -6.18. The SMILES string of the molecule is CC[C@H](C)[C@@H]([C@@H](CC(=O)N1CCC[C@H]1[C@H](OC)[C@@H](C)C(=O)N[C@@H](Cc1ccccc1)c1nccs1)OC)N(C)C(=O)[C@@H](NC(=O)[C@H](C(C)C)N(C)C(=O)OCc1ccc(NC(=O)[C@H](CCCNC(N)=O)NC(=O)[C@@H](NC(=O)CCCCCON2C(=O)c3ccccc3C2=O)C(C)C)cc1)C(C)C. The van der Waals surface area contributed by atoms with Crippen LogP contribution in [0.25, 0.3) is 0 Å². The summed E-state index contributed by atoms with van der Waals surface area (Å²) in [6.07, 6.45) is 3.67. The van der Waals surface area contributed by atoms with Gasteiger partial charge in [0.15, 0.2) is 0 Å². The standard InChI is InChI=1S/C74H106N12O15S/c1-14-47(8)63(57(98-12)42-59(88)85-38-24-30-56(85)64(99-13)48(9)65(89)80-55(69-76-37-40-102-69)41-49-25-17-15-18-26-49)83(10)72(95)61(45(4)5)82-68(92)62(46(6)7)84(11)74(97)100-43-50-32-34-51(35-33-50)78-66(90)54(29-23-36-77-73(75)96)79-67(91)60(44(2)3)81-58(87)31-19-16-22-39-101-86-70(93)52-27-20-21-28-53(52)71(86)94/h15,17-18,20-21,25-28,32-35,37,40,44-48,54-57,60-64H,14,16,19,22-24,29-31,36,38-39,41-43H2,1-13H3,(H,78,90)(H,79,91)(H,80,89)(H,81,87)(H,82,92)(H3,75,77,96)/t47-,48+,54-,55-,56-,57+,60-,61-,62-,63-,64+/m0/s1. The second-order valence-electron chi connectivity index (χ2n) is 27.4. The summed E-state index contributed by atoms with van der Waals surface area (Å²) < 4.78 is 17.9. The van der Waals surface area contributed by atoms with Crippen molar-refractivity contribution in [1.29, 1.82) is 0 Å². The number of nitrogens with zero attached hydrogens (tertiary/aromatic N) is 5. The summed E-state index contributed by atoms with van der Waals surface area (Å²) in [6, 6.07) is 16.3. The van der Waals surface area contributed by atoms with Crippen molar-refractivity contribution in [2.75, 3.05) is 53.3 Å². The Labute approximate surface area is 603 Å². The molecule has 28 heteroatoms. The number of primary amides is 1. The number of methoxy groups -OCH3 is 2. The number of hydrogen-bond donors (Lipinski definition) is 7. The zero-order chi connectivity index (χ0) is 74.9. The third-order valence-corrected chi connectivity index (χ3v) is 19.8. The molecule has 0 unspecified atom stereocenters. The van der Waals surface area contributed by atoms with Gasteiger partial charge in [-0.2, -0.15) is 0 Å². The van der Waals surface area contributed by atoms with E-state index in [9.17, 15) is 52.7 Å². The first-order valence-corrected chi connectivity index (χ1v) is 36.2. The Kier molecular flexibility index (Phi) is 32.3. The predicted molar refractivity (Wildman–Crippen MR) is 385 cm³/mol. The van der Waals surface area contributed by atoms with E-state index in [1.807, 2.05) is 70.3 Å². The zero-order valence-corrected chi connectivity index (χ0v) is 62.0. The monoisotopic (exact) mass is 1430 g/mol. The van der Waals surface area contributed by atoms with Crippen LogP contribution in [0, 0.1) is 29.6 Å². The topological polar surface area (TPSA) is 349 Å². The first-order chi connectivity index (χ1) is 48.6. The van der Waals surface area contributed by atoms with Crippen molar-refractivity contribution in [3.63, 3.8) is 0 Å². The smallest absolute Gasteiger partial charge is 0.410 e. The van der Waals surface area contributed by atoms with E-state index in [1.165, 1.54) is 30.4 Å². The Bertz CT molecular complexity index is 3420. The molecule has 1 saturated heterocycles. The molecule has 0 bridgehead atoms. The molecule has 0 spiro atoms. The molecule has 3 aromatic carbocycles. The van der Waals surface area contributed by atoms with Crippen LogP contribution in [0.3, 0.4) is 0 Å². The van der Waals surface area contributed by atoms with E-state index in [2.05, 4.69) is 36.9 Å². The van der Waals surface area contributed by atoms with Gasteiger partial charge in [-0.25, -0.2) is 14.6 Å². The maximum atomic E-state index is 14.9. The quantitative estimate of drug-likeness (QED) is 0.0166. The molecule has 0 aliphatic carbocycles. The molecule has 102 heavy (non-hydrogen) atoms. The van der Waals surface area contributed by atoms with Crippen molar-refractivity contribution in [3.8, 4) is 0 Å². The molecular formula is C74H106N12O15S. The second-order valence-corrected chi connectivity index (χ2v) is 28.3. The predicted octanol–water partition coefficient (Wildman–Crippen LogP) is 7.70. The van der Waals surface area contributed by atoms with E-state index in [-0.39, 0.29) is 86.3 Å². The van der Waals surface area contributed by atoms with Gasteiger partial charge >= 0.3 is 12.1 Å². The lowest BCUT2D eigenvalue weighted by molar-refractivity contribution is -0.148. The number of rotatable bonds is 40. The van der Waals surface area contributed by atoms with Crippen LogP contribution in [-0.4, -0.2) is 187 Å². The first-order valence-electron chi connectivity index (χ1n) is 35.3. The van der Waals surface area contributed by atoms with Gasteiger partial charge in [0.05, 0.1) is 60.4 Å². The highest BCUT2D eigenvalue weighted by Gasteiger charge is 2.45. The van der Waals surface area contributed by atoms with Crippen LogP contribution in [0.4, 0.5) is 15.3 Å². The van der Waals surface area contributed by atoms with Crippen molar-refractivity contribution in [2.45, 2.75) is 194 Å². The van der Waals surface area contributed by atoms with E-state index >= 15 is 0 Å². The van der Waals surface area contributed by atoms with Crippen molar-refractivity contribution in [1.82, 2.24) is 51.3 Å². The number of hydrogen-bond acceptors (Lipinski definition) is 17. The highest BCUT2D eigenvalue weighted by molar-refractivity contribution is 7.09. The van der Waals surface area contributed by atoms with Gasteiger partial charge in [-0.05, 0) is 104 Å². The molecule has 2 aliphatic rings. The number of anilines is 1. The van der Waals surface area contributed by atoms with Crippen molar-refractivity contribution < 1.29 is 71.8 Å². The van der Waals surface area contributed by atoms with Gasteiger partial charge in [-0.1, -0.05) is 130 Å². The molecule has 4 aromatic rings. The molecule has 6 rings (SSSR count). The largest absolute Gasteiger partial charge is 0.445 e. The second kappa shape index (κ2) is 40.1. The Morgan fingerprint density at radius 1 is 0.706 bits per heavy atom. The number of likely N-dealkylation sites (N-methyl/N-ethyl adjacent to an activating group) is 2. The number of imide groups is 1. The molecule has 1 aromatic heterocycles. The molecule has 27 nitrogen and oxygen atoms in total. The number of amides is 12. The fraction of sp³-hybridized carbons (Fsp3) is 0.568. The molecule has 12 amide bonds. The van der Waals surface area contributed by atoms with Crippen LogP contribution in [-0.2, 0) is 65.6 Å². The van der Waals surface area contributed by atoms with Crippen LogP contribution in [0.2, 0.25) is 0 Å². The highest BCUT2D eigenvalue weighted by Crippen LogP contribution is 2.32. The fourth-order valence-electron chi connectivity index (χ4n) is 13.1. The number of ether oxygens (including phenoxy) is 3. The van der Waals surface area contributed by atoms with E-state index in [1.54, 1.807) is 106 Å². The highest BCUT2D eigenvalue weighted by atomic mass is 32.1. The summed E-state index contributed by atoms with van der Waals surface area (Å²) in [7, 11) is 6.16. The molecule has 8 N–H and O–H groups in total. The Morgan fingerprint density at radius 3 is 1.95 bits per heavy atom. The number of fused-ring (bicyclic) bond motifs is 1. The van der Waals surface area contributed by atoms with Gasteiger partial charge in [0, 0.05) is 65.1 Å². The van der Waals surface area contributed by atoms with E-state index < -0.39 is 120 Å². The number of nitrogens with two attached hydrogens (primary N) is 1. The van der Waals surface area contributed by atoms with Crippen molar-refractivity contribution in [2.24, 2.45) is 35.3 Å².